The van der Waals surface area contributed by atoms with Crippen LogP contribution in [0.25, 0.3) is 5.57 Å². The third kappa shape index (κ3) is 4.33. The number of carbonyl (C=O) groups is 3. The molecule has 0 aromatic heterocycles. The van der Waals surface area contributed by atoms with Crippen LogP contribution in [0, 0.1) is 10.1 Å². The van der Waals surface area contributed by atoms with Crippen molar-refractivity contribution in [2.45, 2.75) is 6.92 Å². The minimum atomic E-state index is -0.510. The molecule has 0 unspecified atom stereocenters. The zero-order chi connectivity index (χ0) is 23.7. The first-order chi connectivity index (χ1) is 15.8. The second kappa shape index (κ2) is 8.83. The molecular formula is C23H23N5O5. The highest BCUT2D eigenvalue weighted by molar-refractivity contribution is 6.45. The van der Waals surface area contributed by atoms with Crippen LogP contribution in [0.2, 0.25) is 0 Å². The first-order valence-electron chi connectivity index (χ1n) is 10.5. The number of nitro benzene ring substituents is 1. The SMILES string of the molecule is CC(=O)Nc1ccc(N2C(=O)C(c3ccc([N+](=O)[O-])cc3)=C(N3CCN(C)CC3)C2=O)cc1. The fraction of sp³-hybridized carbons (Fsp3) is 0.261. The average Bonchev–Trinajstić information content (AvgIpc) is 3.04. The number of nitrogens with one attached hydrogen (secondary N) is 1. The molecule has 2 aromatic carbocycles. The Kier molecular flexibility index (Phi) is 5.93. The van der Waals surface area contributed by atoms with Gasteiger partial charge in [0, 0.05) is 50.9 Å². The van der Waals surface area contributed by atoms with Gasteiger partial charge in [-0.2, -0.15) is 0 Å². The highest BCUT2D eigenvalue weighted by Gasteiger charge is 2.43. The maximum atomic E-state index is 13.5. The number of nitrogens with zero attached hydrogens (tertiary/aromatic N) is 4. The van der Waals surface area contributed by atoms with Crippen LogP contribution in [0.4, 0.5) is 17.1 Å². The number of carbonyl (C=O) groups excluding carboxylic acids is 3. The van der Waals surface area contributed by atoms with Crippen molar-refractivity contribution in [3.05, 3.63) is 69.9 Å². The molecule has 2 aliphatic heterocycles. The topological polar surface area (TPSA) is 116 Å². The van der Waals surface area contributed by atoms with Gasteiger partial charge in [-0.15, -0.1) is 0 Å². The number of hydrogen-bond donors (Lipinski definition) is 1. The van der Waals surface area contributed by atoms with Gasteiger partial charge in [-0.05, 0) is 49.0 Å². The van der Waals surface area contributed by atoms with E-state index in [1.165, 1.54) is 31.2 Å². The lowest BCUT2D eigenvalue weighted by Gasteiger charge is -2.34. The second-order valence-electron chi connectivity index (χ2n) is 7.99. The molecule has 2 aromatic rings. The summed E-state index contributed by atoms with van der Waals surface area (Å²) in [6, 6.07) is 12.1. The summed E-state index contributed by atoms with van der Waals surface area (Å²) in [5.41, 5.74) is 1.81. The first kappa shape index (κ1) is 22.2. The van der Waals surface area contributed by atoms with Crippen molar-refractivity contribution in [3.63, 3.8) is 0 Å². The Hall–Kier alpha value is -4.05. The van der Waals surface area contributed by atoms with E-state index in [2.05, 4.69) is 10.2 Å². The number of hydrogen-bond acceptors (Lipinski definition) is 7. The Balaban J connectivity index is 1.74. The van der Waals surface area contributed by atoms with Crippen molar-refractivity contribution in [1.29, 1.82) is 0 Å². The molecule has 0 atom stereocenters. The number of amides is 3. The van der Waals surface area contributed by atoms with Gasteiger partial charge in [-0.25, -0.2) is 4.90 Å². The quantitative estimate of drug-likeness (QED) is 0.422. The van der Waals surface area contributed by atoms with Gasteiger partial charge in [0.1, 0.15) is 5.70 Å². The lowest BCUT2D eigenvalue weighted by Crippen LogP contribution is -2.46. The van der Waals surface area contributed by atoms with E-state index in [9.17, 15) is 24.5 Å². The molecular weight excluding hydrogens is 426 g/mol. The van der Waals surface area contributed by atoms with Crippen molar-refractivity contribution in [3.8, 4) is 0 Å². The van der Waals surface area contributed by atoms with Crippen LogP contribution in [0.5, 0.6) is 0 Å². The zero-order valence-corrected chi connectivity index (χ0v) is 18.3. The van der Waals surface area contributed by atoms with E-state index >= 15 is 0 Å². The van der Waals surface area contributed by atoms with Gasteiger partial charge in [0.2, 0.25) is 5.91 Å². The van der Waals surface area contributed by atoms with Gasteiger partial charge < -0.3 is 15.1 Å². The third-order valence-corrected chi connectivity index (χ3v) is 5.69. The smallest absolute Gasteiger partial charge is 0.282 e. The van der Waals surface area contributed by atoms with Gasteiger partial charge in [0.05, 0.1) is 16.2 Å². The number of imide groups is 1. The summed E-state index contributed by atoms with van der Waals surface area (Å²) >= 11 is 0. The van der Waals surface area contributed by atoms with E-state index in [1.807, 2.05) is 11.9 Å². The van der Waals surface area contributed by atoms with Gasteiger partial charge in [0.15, 0.2) is 0 Å². The molecule has 33 heavy (non-hydrogen) atoms. The molecule has 10 nitrogen and oxygen atoms in total. The van der Waals surface area contributed by atoms with Crippen LogP contribution in [0.1, 0.15) is 12.5 Å². The Morgan fingerprint density at radius 3 is 2.09 bits per heavy atom. The molecule has 1 N–H and O–H groups in total. The summed E-state index contributed by atoms with van der Waals surface area (Å²) in [6.07, 6.45) is 0. The van der Waals surface area contributed by atoms with Crippen molar-refractivity contribution < 1.29 is 19.3 Å². The van der Waals surface area contributed by atoms with Crippen LogP contribution >= 0.6 is 0 Å². The molecule has 170 valence electrons. The second-order valence-corrected chi connectivity index (χ2v) is 7.99. The molecule has 0 aliphatic carbocycles. The van der Waals surface area contributed by atoms with E-state index in [1.54, 1.807) is 24.3 Å². The molecule has 4 rings (SSSR count). The van der Waals surface area contributed by atoms with E-state index in [4.69, 9.17) is 0 Å². The highest BCUT2D eigenvalue weighted by atomic mass is 16.6. The molecule has 1 fully saturated rings. The minimum absolute atomic E-state index is 0.0947. The Morgan fingerprint density at radius 1 is 0.939 bits per heavy atom. The molecule has 2 heterocycles. The lowest BCUT2D eigenvalue weighted by molar-refractivity contribution is -0.384. The number of benzene rings is 2. The standard InChI is InChI=1S/C23H23N5O5/c1-15(29)24-17-5-9-18(10-6-17)27-22(30)20(16-3-7-19(8-4-16)28(32)33)21(23(27)31)26-13-11-25(2)12-14-26/h3-10H,11-14H2,1-2H3,(H,24,29). The number of non-ortho nitro benzene ring substituents is 1. The van der Waals surface area contributed by atoms with Gasteiger partial charge in [0.25, 0.3) is 17.5 Å². The van der Waals surface area contributed by atoms with E-state index in [0.717, 1.165) is 18.0 Å². The van der Waals surface area contributed by atoms with Crippen molar-refractivity contribution >= 4 is 40.4 Å². The molecule has 0 saturated carbocycles. The van der Waals surface area contributed by atoms with E-state index < -0.39 is 16.7 Å². The maximum absolute atomic E-state index is 13.5. The van der Waals surface area contributed by atoms with Crippen molar-refractivity contribution in [1.82, 2.24) is 9.80 Å². The largest absolute Gasteiger partial charge is 0.364 e. The normalized spacial score (nSPS) is 17.0. The molecule has 0 spiro atoms. The van der Waals surface area contributed by atoms with Gasteiger partial charge in [-0.3, -0.25) is 24.5 Å². The maximum Gasteiger partial charge on any atom is 0.282 e. The summed E-state index contributed by atoms with van der Waals surface area (Å²) < 4.78 is 0. The van der Waals surface area contributed by atoms with Crippen molar-refractivity contribution in [2.75, 3.05) is 43.4 Å². The van der Waals surface area contributed by atoms with E-state index in [0.29, 0.717) is 35.7 Å². The summed E-state index contributed by atoms with van der Waals surface area (Å²) in [4.78, 5) is 54.0. The van der Waals surface area contributed by atoms with Crippen LogP contribution in [0.3, 0.4) is 0 Å². The van der Waals surface area contributed by atoms with Crippen LogP contribution in [-0.2, 0) is 14.4 Å². The van der Waals surface area contributed by atoms with Crippen molar-refractivity contribution in [2.24, 2.45) is 0 Å². The van der Waals surface area contributed by atoms with Crippen LogP contribution < -0.4 is 10.2 Å². The minimum Gasteiger partial charge on any atom is -0.364 e. The lowest BCUT2D eigenvalue weighted by atomic mass is 10.0. The first-order valence-corrected chi connectivity index (χ1v) is 10.5. The molecule has 1 saturated heterocycles. The van der Waals surface area contributed by atoms with Gasteiger partial charge in [-0.1, -0.05) is 0 Å². The average molecular weight is 449 g/mol. The Morgan fingerprint density at radius 2 is 1.55 bits per heavy atom. The fourth-order valence-electron chi connectivity index (χ4n) is 3.98. The molecule has 10 heteroatoms. The fourth-order valence-corrected chi connectivity index (χ4v) is 3.98. The Labute approximate surface area is 190 Å². The molecule has 3 amide bonds. The van der Waals surface area contributed by atoms with E-state index in [-0.39, 0.29) is 17.2 Å². The Bertz CT molecular complexity index is 1150. The predicted molar refractivity (Wildman–Crippen MR) is 122 cm³/mol. The zero-order valence-electron chi connectivity index (χ0n) is 18.3. The van der Waals surface area contributed by atoms with Crippen LogP contribution in [-0.4, -0.2) is 65.7 Å². The van der Waals surface area contributed by atoms with Gasteiger partial charge >= 0.3 is 0 Å². The monoisotopic (exact) mass is 449 g/mol. The predicted octanol–water partition coefficient (Wildman–Crippen LogP) is 2.09. The third-order valence-electron chi connectivity index (χ3n) is 5.69. The molecule has 0 bridgehead atoms. The molecule has 0 radical (unpaired) electrons. The molecule has 2 aliphatic rings. The number of likely N-dealkylation sites (N-methyl/N-ethyl adjacent to an activating group) is 1. The number of piperazine rings is 1. The number of nitro groups is 1. The summed E-state index contributed by atoms with van der Waals surface area (Å²) in [5.74, 6) is -1.16. The highest BCUT2D eigenvalue weighted by Crippen LogP contribution is 2.36. The number of anilines is 2. The summed E-state index contributed by atoms with van der Waals surface area (Å²) in [6.45, 7) is 4.03. The van der Waals surface area contributed by atoms with Crippen LogP contribution in [0.15, 0.2) is 54.2 Å². The number of rotatable bonds is 5. The summed E-state index contributed by atoms with van der Waals surface area (Å²) in [7, 11) is 1.99. The summed E-state index contributed by atoms with van der Waals surface area (Å²) in [5, 5.41) is 13.7.